The van der Waals surface area contributed by atoms with E-state index in [0.29, 0.717) is 51.2 Å². The van der Waals surface area contributed by atoms with Gasteiger partial charge in [0.2, 0.25) is 0 Å². The maximum Gasteiger partial charge on any atom is 0.150 e. The Morgan fingerprint density at radius 1 is 1.14 bits per heavy atom. The first-order chi connectivity index (χ1) is 20.4. The van der Waals surface area contributed by atoms with Crippen LogP contribution in [0.1, 0.15) is 53.3 Å². The molecule has 8 nitrogen and oxygen atoms in total. The number of rotatable bonds is 10. The van der Waals surface area contributed by atoms with Gasteiger partial charge in [-0.05, 0) is 74.6 Å². The predicted molar refractivity (Wildman–Crippen MR) is 168 cm³/mol. The van der Waals surface area contributed by atoms with Crippen molar-refractivity contribution in [2.75, 3.05) is 45.9 Å². The van der Waals surface area contributed by atoms with Crippen molar-refractivity contribution >= 4 is 47.6 Å². The van der Waals surface area contributed by atoms with Gasteiger partial charge in [0.15, 0.2) is 0 Å². The number of likely N-dealkylation sites (tertiary alicyclic amines) is 1. The van der Waals surface area contributed by atoms with E-state index in [-0.39, 0.29) is 6.10 Å². The van der Waals surface area contributed by atoms with Crippen molar-refractivity contribution in [1.29, 1.82) is 0 Å². The fraction of sp³-hybridized carbons (Fsp3) is 0.469. The highest BCUT2D eigenvalue weighted by Crippen LogP contribution is 2.47. The summed E-state index contributed by atoms with van der Waals surface area (Å²) >= 11 is 13.0. The lowest BCUT2D eigenvalue weighted by Gasteiger charge is -2.28. The average molecular weight is 614 g/mol. The van der Waals surface area contributed by atoms with Gasteiger partial charge in [0, 0.05) is 57.0 Å². The molecule has 0 bridgehead atoms. The molecule has 1 saturated heterocycles. The Balaban J connectivity index is 0.00000113. The zero-order valence-corrected chi connectivity index (χ0v) is 25.9. The van der Waals surface area contributed by atoms with Crippen LogP contribution in [0, 0.1) is 11.8 Å². The van der Waals surface area contributed by atoms with Crippen molar-refractivity contribution in [3.8, 4) is 11.3 Å². The minimum atomic E-state index is 0.206. The number of anilines is 1. The van der Waals surface area contributed by atoms with E-state index in [1.54, 1.807) is 20.3 Å². The molecule has 2 heterocycles. The number of aromatic nitrogens is 1. The third-order valence-electron chi connectivity index (χ3n) is 8.34. The SMILES string of the molecule is C=Nc1ccc(C=O)cc1N(C)CN1CC2CC(OCc3c(-c4c(Cl)cccc4Cl)noc3C3CC3)C[C@H]2C1.COC. The van der Waals surface area contributed by atoms with Crippen LogP contribution in [-0.4, -0.2) is 70.2 Å². The normalized spacial score (nSPS) is 21.5. The molecule has 3 fully saturated rings. The number of methoxy groups -OCH3 is 1. The number of halogens is 2. The van der Waals surface area contributed by atoms with Gasteiger partial charge >= 0.3 is 0 Å². The summed E-state index contributed by atoms with van der Waals surface area (Å²) in [5.74, 6) is 2.53. The monoisotopic (exact) mass is 612 g/mol. The standard InChI is InChI=1S/C30H32Cl2N4O3.C2H6O/c1-33-26-9-6-18(15-37)10-27(26)35(2)17-36-13-20-11-22(12-21(20)14-36)38-16-23-29(34-39-30(23)19-7-8-19)28-24(31)4-3-5-25(28)32;1-3-2/h3-6,9-10,15,19-22H,1,7-8,11-14,16-17H2,2H3;1-2H3/t20-,21?,22?;/m0./s1. The molecule has 3 aliphatic rings. The quantitative estimate of drug-likeness (QED) is 0.176. The van der Waals surface area contributed by atoms with Crippen molar-refractivity contribution in [3.05, 3.63) is 63.3 Å². The zero-order valence-electron chi connectivity index (χ0n) is 24.4. The number of aliphatic imine (C=N–C) groups is 1. The summed E-state index contributed by atoms with van der Waals surface area (Å²) in [7, 11) is 5.29. The lowest BCUT2D eigenvalue weighted by atomic mass is 10.0. The minimum Gasteiger partial charge on any atom is -0.388 e. The Morgan fingerprint density at radius 2 is 1.81 bits per heavy atom. The molecule has 1 aliphatic heterocycles. The molecular formula is C32H38Cl2N4O4. The Hall–Kier alpha value is -2.75. The molecule has 2 aromatic carbocycles. The smallest absolute Gasteiger partial charge is 0.150 e. The van der Waals surface area contributed by atoms with E-state index in [9.17, 15) is 4.79 Å². The third kappa shape index (κ3) is 6.74. The largest absolute Gasteiger partial charge is 0.388 e. The van der Waals surface area contributed by atoms with Crippen LogP contribution in [-0.2, 0) is 16.1 Å². The Morgan fingerprint density at radius 3 is 2.40 bits per heavy atom. The molecule has 42 heavy (non-hydrogen) atoms. The average Bonchev–Trinajstić information content (AvgIpc) is 3.47. The highest BCUT2D eigenvalue weighted by atomic mass is 35.5. The molecule has 1 aromatic heterocycles. The number of nitrogens with zero attached hydrogens (tertiary/aromatic N) is 4. The fourth-order valence-electron chi connectivity index (χ4n) is 6.27. The fourth-order valence-corrected chi connectivity index (χ4v) is 6.85. The molecule has 2 unspecified atom stereocenters. The van der Waals surface area contributed by atoms with Crippen LogP contribution in [0.4, 0.5) is 11.4 Å². The van der Waals surface area contributed by atoms with Gasteiger partial charge in [-0.2, -0.15) is 0 Å². The van der Waals surface area contributed by atoms with Crippen molar-refractivity contribution in [2.24, 2.45) is 16.8 Å². The number of hydrogen-bond acceptors (Lipinski definition) is 8. The summed E-state index contributed by atoms with van der Waals surface area (Å²) in [4.78, 5) is 20.1. The second-order valence-electron chi connectivity index (χ2n) is 11.5. The number of fused-ring (bicyclic) bond motifs is 1. The second-order valence-corrected chi connectivity index (χ2v) is 12.3. The zero-order chi connectivity index (χ0) is 29.8. The number of benzene rings is 2. The van der Waals surface area contributed by atoms with Crippen molar-refractivity contribution in [3.63, 3.8) is 0 Å². The molecule has 2 saturated carbocycles. The summed E-state index contributed by atoms with van der Waals surface area (Å²) < 4.78 is 16.6. The number of carbonyl (C=O) groups excluding carboxylic acids is 1. The maximum atomic E-state index is 11.3. The molecule has 0 radical (unpaired) electrons. The molecule has 10 heteroatoms. The molecule has 3 atom stereocenters. The first-order valence-electron chi connectivity index (χ1n) is 14.3. The minimum absolute atomic E-state index is 0.206. The van der Waals surface area contributed by atoms with Crippen molar-refractivity contribution in [1.82, 2.24) is 10.1 Å². The van der Waals surface area contributed by atoms with Gasteiger partial charge in [0.05, 0.1) is 40.8 Å². The van der Waals surface area contributed by atoms with Crippen LogP contribution in [0.3, 0.4) is 0 Å². The van der Waals surface area contributed by atoms with Gasteiger partial charge in [-0.25, -0.2) is 0 Å². The van der Waals surface area contributed by atoms with Crippen LogP contribution in [0.15, 0.2) is 45.9 Å². The molecular weight excluding hydrogens is 575 g/mol. The third-order valence-corrected chi connectivity index (χ3v) is 8.97. The highest BCUT2D eigenvalue weighted by Gasteiger charge is 2.42. The topological polar surface area (TPSA) is 80.4 Å². The molecule has 6 rings (SSSR count). The Kier molecular flexibility index (Phi) is 10.0. The highest BCUT2D eigenvalue weighted by molar-refractivity contribution is 6.39. The molecule has 224 valence electrons. The summed E-state index contributed by atoms with van der Waals surface area (Å²) in [5, 5.41) is 5.52. The lowest BCUT2D eigenvalue weighted by Crippen LogP contribution is -2.35. The van der Waals surface area contributed by atoms with E-state index >= 15 is 0 Å². The van der Waals surface area contributed by atoms with E-state index < -0.39 is 0 Å². The van der Waals surface area contributed by atoms with Crippen molar-refractivity contribution < 1.29 is 18.8 Å². The van der Waals surface area contributed by atoms with Gasteiger partial charge in [-0.1, -0.05) is 34.4 Å². The number of aldehydes is 1. The van der Waals surface area contributed by atoms with E-state index in [0.717, 1.165) is 74.4 Å². The summed E-state index contributed by atoms with van der Waals surface area (Å²) in [6.07, 6.45) is 5.37. The van der Waals surface area contributed by atoms with Gasteiger partial charge in [0.25, 0.3) is 0 Å². The maximum absolute atomic E-state index is 11.3. The van der Waals surface area contributed by atoms with Crippen LogP contribution >= 0.6 is 23.2 Å². The Labute approximate surface area is 257 Å². The van der Waals surface area contributed by atoms with Crippen molar-refractivity contribution in [2.45, 2.75) is 44.3 Å². The van der Waals surface area contributed by atoms with Crippen LogP contribution in [0.25, 0.3) is 11.3 Å². The van der Waals surface area contributed by atoms with Gasteiger partial charge < -0.3 is 18.9 Å². The van der Waals surface area contributed by atoms with Gasteiger partial charge in [-0.3, -0.25) is 14.7 Å². The summed E-state index contributed by atoms with van der Waals surface area (Å²) in [5.41, 5.74) is 4.74. The van der Waals surface area contributed by atoms with E-state index in [1.807, 2.05) is 37.4 Å². The van der Waals surface area contributed by atoms with Gasteiger partial charge in [-0.15, -0.1) is 0 Å². The number of hydrogen-bond donors (Lipinski definition) is 0. The predicted octanol–water partition coefficient (Wildman–Crippen LogP) is 7.25. The lowest BCUT2D eigenvalue weighted by molar-refractivity contribution is 0.0371. The first-order valence-corrected chi connectivity index (χ1v) is 15.1. The van der Waals surface area contributed by atoms with Crippen LogP contribution < -0.4 is 4.90 Å². The molecule has 0 spiro atoms. The van der Waals surface area contributed by atoms with Crippen LogP contribution in [0.5, 0.6) is 0 Å². The first kappa shape index (κ1) is 30.7. The summed E-state index contributed by atoms with van der Waals surface area (Å²) in [6.45, 7) is 6.97. The molecule has 3 aromatic rings. The van der Waals surface area contributed by atoms with E-state index in [4.69, 9.17) is 32.5 Å². The van der Waals surface area contributed by atoms with E-state index in [2.05, 4.69) is 31.4 Å². The molecule has 0 N–H and O–H groups in total. The number of carbonyl (C=O) groups is 1. The molecule has 2 aliphatic carbocycles. The summed E-state index contributed by atoms with van der Waals surface area (Å²) in [6, 6.07) is 11.0. The molecule has 0 amide bonds. The van der Waals surface area contributed by atoms with Crippen LogP contribution in [0.2, 0.25) is 10.0 Å². The Bertz CT molecular complexity index is 1370. The van der Waals surface area contributed by atoms with E-state index in [1.165, 1.54) is 0 Å². The van der Waals surface area contributed by atoms with Gasteiger partial charge in [0.1, 0.15) is 17.7 Å². The number of ether oxygens (including phenoxy) is 2. The second kappa shape index (κ2) is 13.7.